The van der Waals surface area contributed by atoms with Crippen molar-refractivity contribution in [2.24, 2.45) is 5.41 Å². The number of ether oxygens (including phenoxy) is 2. The molecule has 3 aromatic rings. The van der Waals surface area contributed by atoms with E-state index in [0.717, 1.165) is 67.1 Å². The molecule has 0 spiro atoms. The minimum atomic E-state index is -1.22. The van der Waals surface area contributed by atoms with Gasteiger partial charge in [-0.25, -0.2) is 13.2 Å². The second-order valence-corrected chi connectivity index (χ2v) is 11.7. The third kappa shape index (κ3) is 7.58. The zero-order valence-corrected chi connectivity index (χ0v) is 24.6. The molecule has 0 aliphatic carbocycles. The normalized spacial score (nSPS) is 18.6. The number of anilines is 1. The van der Waals surface area contributed by atoms with Crippen molar-refractivity contribution in [1.82, 2.24) is 14.8 Å². The lowest BCUT2D eigenvalue weighted by molar-refractivity contribution is 0.0239. The molecule has 2 aliphatic rings. The fraction of sp³-hybridized carbons (Fsp3) is 0.531. The molecule has 2 aliphatic heterocycles. The number of nitrogens with zero attached hydrogens (tertiary/aromatic N) is 3. The zero-order chi connectivity index (χ0) is 30.4. The van der Waals surface area contributed by atoms with Crippen molar-refractivity contribution in [2.45, 2.75) is 38.3 Å². The second-order valence-electron chi connectivity index (χ2n) is 11.7. The first-order chi connectivity index (χ1) is 20.8. The number of hydrogen-bond donors (Lipinski definition) is 3. The first-order valence-corrected chi connectivity index (χ1v) is 15.0. The topological polar surface area (TPSA) is 90.3 Å². The molecule has 0 saturated carbocycles. The maximum Gasteiger partial charge on any atom is 0.182 e. The van der Waals surface area contributed by atoms with Crippen LogP contribution in [-0.4, -0.2) is 91.2 Å². The number of nitrogens with one attached hydrogen (secondary N) is 1. The average molecular weight is 603 g/mol. The van der Waals surface area contributed by atoms with Gasteiger partial charge in [0.25, 0.3) is 0 Å². The molecule has 0 amide bonds. The van der Waals surface area contributed by atoms with Gasteiger partial charge in [-0.15, -0.1) is 0 Å². The molecule has 1 aromatic heterocycles. The van der Waals surface area contributed by atoms with Gasteiger partial charge in [0.1, 0.15) is 11.6 Å². The Morgan fingerprint density at radius 2 is 1.84 bits per heavy atom. The molecular formula is C32H41F3N4O4. The van der Waals surface area contributed by atoms with E-state index in [-0.39, 0.29) is 17.7 Å². The monoisotopic (exact) mass is 602 g/mol. The molecule has 1 atom stereocenters. The Balaban J connectivity index is 1.22. The number of aliphatic hydroxyl groups excluding tert-OH is 2. The highest BCUT2D eigenvalue weighted by molar-refractivity contribution is 5.85. The largest absolute Gasteiger partial charge is 0.497 e. The second kappa shape index (κ2) is 14.2. The number of methoxy groups -OCH3 is 1. The molecule has 234 valence electrons. The minimum Gasteiger partial charge on any atom is -0.497 e. The first-order valence-electron chi connectivity index (χ1n) is 15.0. The highest BCUT2D eigenvalue weighted by atomic mass is 19.2. The molecule has 2 fully saturated rings. The van der Waals surface area contributed by atoms with E-state index in [1.165, 1.54) is 0 Å². The Hall–Kier alpha value is -2.96. The van der Waals surface area contributed by atoms with Crippen molar-refractivity contribution in [3.63, 3.8) is 0 Å². The summed E-state index contributed by atoms with van der Waals surface area (Å²) in [7, 11) is 1.62. The lowest BCUT2D eigenvalue weighted by atomic mass is 9.74. The van der Waals surface area contributed by atoms with Gasteiger partial charge in [-0.1, -0.05) is 0 Å². The highest BCUT2D eigenvalue weighted by Gasteiger charge is 2.35. The Kier molecular flexibility index (Phi) is 10.4. The Morgan fingerprint density at radius 3 is 2.56 bits per heavy atom. The van der Waals surface area contributed by atoms with E-state index in [2.05, 4.69) is 20.1 Å². The molecular weight excluding hydrogens is 561 g/mol. The minimum absolute atomic E-state index is 0.0190. The molecule has 2 saturated heterocycles. The Morgan fingerprint density at radius 1 is 1.07 bits per heavy atom. The number of piperidine rings is 1. The molecule has 2 aromatic carbocycles. The highest BCUT2D eigenvalue weighted by Crippen LogP contribution is 2.40. The van der Waals surface area contributed by atoms with E-state index in [1.807, 2.05) is 24.4 Å². The van der Waals surface area contributed by atoms with Gasteiger partial charge in [-0.05, 0) is 73.5 Å². The molecule has 0 bridgehead atoms. The fourth-order valence-electron chi connectivity index (χ4n) is 6.24. The van der Waals surface area contributed by atoms with Gasteiger partial charge in [-0.3, -0.25) is 9.88 Å². The van der Waals surface area contributed by atoms with Gasteiger partial charge in [0.2, 0.25) is 0 Å². The van der Waals surface area contributed by atoms with Crippen molar-refractivity contribution in [3.8, 4) is 5.75 Å². The first kappa shape index (κ1) is 31.5. The van der Waals surface area contributed by atoms with Crippen molar-refractivity contribution < 1.29 is 32.9 Å². The van der Waals surface area contributed by atoms with E-state index in [1.54, 1.807) is 7.11 Å². The van der Waals surface area contributed by atoms with Gasteiger partial charge in [-0.2, -0.15) is 0 Å². The summed E-state index contributed by atoms with van der Waals surface area (Å²) < 4.78 is 51.9. The van der Waals surface area contributed by atoms with Crippen LogP contribution in [0.2, 0.25) is 0 Å². The zero-order valence-electron chi connectivity index (χ0n) is 24.6. The average Bonchev–Trinajstić information content (AvgIpc) is 3.03. The summed E-state index contributed by atoms with van der Waals surface area (Å²) in [6.07, 6.45) is 3.73. The number of halogens is 3. The van der Waals surface area contributed by atoms with Gasteiger partial charge in [0.05, 0.1) is 37.6 Å². The maximum absolute atomic E-state index is 14.0. The van der Waals surface area contributed by atoms with Crippen LogP contribution >= 0.6 is 0 Å². The smallest absolute Gasteiger partial charge is 0.182 e. The van der Waals surface area contributed by atoms with Crippen molar-refractivity contribution in [3.05, 3.63) is 65.1 Å². The van der Waals surface area contributed by atoms with E-state index >= 15 is 0 Å². The third-order valence-corrected chi connectivity index (χ3v) is 8.97. The number of likely N-dealkylation sites (tertiary alicyclic amines) is 1. The standard InChI is InChI=1S/C32H41F3N4O4/c1-42-24-2-3-27-25(18-24)30(22(19-37-27)20-39-12-14-43-15-13-39)29(41)4-5-32(21-40)6-9-38(10-7-32)11-8-36-28-17-23(33)16-26(34)31(28)35/h2-3,16-19,29,36,40-41H,4-15,20-21H2,1H3/t29-/m0/s1. The quantitative estimate of drug-likeness (QED) is 0.262. The van der Waals surface area contributed by atoms with Crippen molar-refractivity contribution in [2.75, 3.05) is 71.5 Å². The fourth-order valence-corrected chi connectivity index (χ4v) is 6.24. The lowest BCUT2D eigenvalue weighted by Crippen LogP contribution is -2.43. The molecule has 0 radical (unpaired) electrons. The van der Waals surface area contributed by atoms with Crippen molar-refractivity contribution >= 4 is 16.6 Å². The predicted molar refractivity (Wildman–Crippen MR) is 159 cm³/mol. The van der Waals surface area contributed by atoms with Gasteiger partial charge < -0.3 is 29.9 Å². The summed E-state index contributed by atoms with van der Waals surface area (Å²) >= 11 is 0. The number of benzene rings is 2. The third-order valence-electron chi connectivity index (χ3n) is 8.97. The molecule has 0 unspecified atom stereocenters. The summed E-state index contributed by atoms with van der Waals surface area (Å²) in [6.45, 7) is 6.01. The van der Waals surface area contributed by atoms with Crippen LogP contribution in [0.15, 0.2) is 36.5 Å². The lowest BCUT2D eigenvalue weighted by Gasteiger charge is -2.41. The number of morpholine rings is 1. The van der Waals surface area contributed by atoms with E-state index in [9.17, 15) is 23.4 Å². The van der Waals surface area contributed by atoms with Crippen LogP contribution in [0.4, 0.5) is 18.9 Å². The molecule has 3 N–H and O–H groups in total. The Labute approximate surface area is 250 Å². The van der Waals surface area contributed by atoms with Gasteiger partial charge in [0.15, 0.2) is 11.6 Å². The molecule has 11 heteroatoms. The number of aliphatic hydroxyl groups is 2. The van der Waals surface area contributed by atoms with Crippen molar-refractivity contribution in [1.29, 1.82) is 0 Å². The summed E-state index contributed by atoms with van der Waals surface area (Å²) in [5.74, 6) is -2.44. The van der Waals surface area contributed by atoms with Crippen LogP contribution in [0.25, 0.3) is 10.9 Å². The van der Waals surface area contributed by atoms with E-state index in [4.69, 9.17) is 9.47 Å². The molecule has 5 rings (SSSR count). The van der Waals surface area contributed by atoms with Crippen LogP contribution in [0.3, 0.4) is 0 Å². The van der Waals surface area contributed by atoms with Crippen LogP contribution in [0.5, 0.6) is 5.75 Å². The van der Waals surface area contributed by atoms with E-state index < -0.39 is 23.6 Å². The van der Waals surface area contributed by atoms with Crippen LogP contribution in [0, 0.1) is 22.9 Å². The maximum atomic E-state index is 14.0. The Bertz CT molecular complexity index is 1380. The molecule has 8 nitrogen and oxygen atoms in total. The number of aromatic nitrogens is 1. The van der Waals surface area contributed by atoms with Crippen LogP contribution in [-0.2, 0) is 11.3 Å². The number of fused-ring (bicyclic) bond motifs is 1. The van der Waals surface area contributed by atoms with E-state index in [0.29, 0.717) is 57.5 Å². The summed E-state index contributed by atoms with van der Waals surface area (Å²) in [6, 6.07) is 7.18. The summed E-state index contributed by atoms with van der Waals surface area (Å²) in [5.41, 5.74) is 2.11. The number of hydrogen-bond acceptors (Lipinski definition) is 8. The number of rotatable bonds is 12. The SMILES string of the molecule is COc1ccc2ncc(CN3CCOCC3)c([C@@H](O)CCC3(CO)CCN(CCNc4cc(F)cc(F)c4F)CC3)c2c1. The summed E-state index contributed by atoms with van der Waals surface area (Å²) in [4.78, 5) is 9.17. The number of pyridine rings is 1. The molecule has 3 heterocycles. The van der Waals surface area contributed by atoms with Gasteiger partial charge >= 0.3 is 0 Å². The van der Waals surface area contributed by atoms with Crippen LogP contribution < -0.4 is 10.1 Å². The van der Waals surface area contributed by atoms with Gasteiger partial charge in [0, 0.05) is 63.0 Å². The predicted octanol–water partition coefficient (Wildman–Crippen LogP) is 4.49. The summed E-state index contributed by atoms with van der Waals surface area (Å²) in [5, 5.41) is 25.8. The molecule has 43 heavy (non-hydrogen) atoms. The van der Waals surface area contributed by atoms with Crippen LogP contribution in [0.1, 0.15) is 42.9 Å².